The van der Waals surface area contributed by atoms with Crippen LogP contribution in [0.2, 0.25) is 0 Å². The topological polar surface area (TPSA) is 57.3 Å². The zero-order valence-corrected chi connectivity index (χ0v) is 16.6. The summed E-state index contributed by atoms with van der Waals surface area (Å²) >= 11 is 0. The molecular weight excluding hydrogens is 393 g/mol. The van der Waals surface area contributed by atoms with Gasteiger partial charge in [-0.05, 0) is 55.5 Å². The molecule has 1 aromatic heterocycles. The van der Waals surface area contributed by atoms with Gasteiger partial charge in [-0.25, -0.2) is 0 Å². The molecule has 0 saturated heterocycles. The summed E-state index contributed by atoms with van der Waals surface area (Å²) in [7, 11) is 0. The monoisotopic (exact) mass is 414 g/mol. The lowest BCUT2D eigenvalue weighted by Gasteiger charge is -2.19. The molecule has 1 unspecified atom stereocenters. The number of nitrogens with two attached hydrogens (primary N) is 1. The molecule has 1 atom stereocenters. The second-order valence-electron chi connectivity index (χ2n) is 7.48. The molecule has 1 amide bonds. The van der Waals surface area contributed by atoms with Crippen molar-refractivity contribution in [3.63, 3.8) is 0 Å². The number of halogens is 3. The van der Waals surface area contributed by atoms with Crippen molar-refractivity contribution in [2.75, 3.05) is 0 Å². The fourth-order valence-corrected chi connectivity index (χ4v) is 4.63. The van der Waals surface area contributed by atoms with Gasteiger partial charge in [0.25, 0.3) is 5.91 Å². The van der Waals surface area contributed by atoms with Crippen LogP contribution in [0.4, 0.5) is 13.2 Å². The molecule has 0 spiro atoms. The highest BCUT2D eigenvalue weighted by Crippen LogP contribution is 2.41. The van der Waals surface area contributed by atoms with Gasteiger partial charge in [0.2, 0.25) is 0 Å². The Morgan fingerprint density at radius 1 is 1.10 bits per heavy atom. The Morgan fingerprint density at radius 2 is 1.83 bits per heavy atom. The molecule has 2 N–H and O–H groups in total. The second-order valence-corrected chi connectivity index (χ2v) is 7.48. The fraction of sp³-hybridized carbons (Fsp3) is 0.261. The number of rotatable bonds is 4. The van der Waals surface area contributed by atoms with E-state index < -0.39 is 12.3 Å². The Bertz CT molecular complexity index is 1130. The number of alkyl halides is 3. The van der Waals surface area contributed by atoms with Crippen LogP contribution in [0.15, 0.2) is 48.5 Å². The lowest BCUT2D eigenvalue weighted by molar-refractivity contribution is -0.274. The summed E-state index contributed by atoms with van der Waals surface area (Å²) in [6.45, 7) is 3.70. The van der Waals surface area contributed by atoms with Crippen LogP contribution < -0.4 is 10.5 Å². The molecule has 3 aromatic rings. The number of nitrogens with zero attached hydrogens (tertiary/aromatic N) is 1. The van der Waals surface area contributed by atoms with E-state index in [1.54, 1.807) is 6.07 Å². The fourth-order valence-electron chi connectivity index (χ4n) is 4.63. The van der Waals surface area contributed by atoms with E-state index in [0.29, 0.717) is 22.4 Å². The zero-order chi connectivity index (χ0) is 21.6. The second kappa shape index (κ2) is 7.23. The number of primary amides is 1. The molecule has 30 heavy (non-hydrogen) atoms. The van der Waals surface area contributed by atoms with Gasteiger partial charge in [-0.3, -0.25) is 4.79 Å². The Labute approximate surface area is 172 Å². The summed E-state index contributed by atoms with van der Waals surface area (Å²) in [6, 6.07) is 13.8. The molecule has 1 aliphatic carbocycles. The molecule has 4 nitrogen and oxygen atoms in total. The van der Waals surface area contributed by atoms with Crippen LogP contribution in [0.1, 0.15) is 45.3 Å². The van der Waals surface area contributed by atoms with Gasteiger partial charge in [0.1, 0.15) is 5.75 Å². The normalized spacial score (nSPS) is 15.8. The van der Waals surface area contributed by atoms with E-state index in [0.717, 1.165) is 18.5 Å². The van der Waals surface area contributed by atoms with Gasteiger partial charge >= 0.3 is 6.36 Å². The van der Waals surface area contributed by atoms with Crippen molar-refractivity contribution < 1.29 is 22.7 Å². The first-order valence-corrected chi connectivity index (χ1v) is 9.62. The number of hydrogen-bond donors (Lipinski definition) is 1. The van der Waals surface area contributed by atoms with Gasteiger partial charge in [0.05, 0.1) is 11.6 Å². The first-order valence-electron chi connectivity index (χ1n) is 9.62. The number of ether oxygens (including phenoxy) is 1. The third kappa shape index (κ3) is 3.44. The van der Waals surface area contributed by atoms with Gasteiger partial charge in [-0.2, -0.15) is 0 Å². The molecule has 4 rings (SSSR count). The van der Waals surface area contributed by atoms with Crippen molar-refractivity contribution in [1.82, 2.24) is 4.57 Å². The molecule has 0 bridgehead atoms. The first-order chi connectivity index (χ1) is 14.2. The Kier molecular flexibility index (Phi) is 4.84. The SMILES string of the molecule is Cc1c(C(N)=O)c(-c2cccc(OC(F)(F)F)c2)c(C)n1C1CCc2ccccc21. The predicted octanol–water partition coefficient (Wildman–Crippen LogP) is 5.31. The van der Waals surface area contributed by atoms with Crippen LogP contribution >= 0.6 is 0 Å². The van der Waals surface area contributed by atoms with Gasteiger partial charge in [-0.15, -0.1) is 13.2 Å². The van der Waals surface area contributed by atoms with E-state index in [1.165, 1.54) is 29.3 Å². The van der Waals surface area contributed by atoms with Gasteiger partial charge in [0, 0.05) is 17.0 Å². The number of aromatic nitrogens is 1. The summed E-state index contributed by atoms with van der Waals surface area (Å²) < 4.78 is 44.2. The van der Waals surface area contributed by atoms with E-state index in [2.05, 4.69) is 21.4 Å². The van der Waals surface area contributed by atoms with Crippen LogP contribution in [0.5, 0.6) is 5.75 Å². The van der Waals surface area contributed by atoms with Crippen LogP contribution in [-0.4, -0.2) is 16.8 Å². The minimum atomic E-state index is -4.80. The highest BCUT2D eigenvalue weighted by molar-refractivity contribution is 6.02. The van der Waals surface area contributed by atoms with Gasteiger partial charge in [0.15, 0.2) is 0 Å². The van der Waals surface area contributed by atoms with Crippen molar-refractivity contribution >= 4 is 5.91 Å². The lowest BCUT2D eigenvalue weighted by atomic mass is 10.00. The van der Waals surface area contributed by atoms with Crippen LogP contribution in [0.25, 0.3) is 11.1 Å². The van der Waals surface area contributed by atoms with E-state index in [4.69, 9.17) is 5.73 Å². The highest BCUT2D eigenvalue weighted by atomic mass is 19.4. The Morgan fingerprint density at radius 3 is 2.53 bits per heavy atom. The minimum absolute atomic E-state index is 0.0441. The molecule has 0 saturated carbocycles. The molecule has 7 heteroatoms. The maximum absolute atomic E-state index is 12.7. The van der Waals surface area contributed by atoms with Crippen molar-refractivity contribution in [3.8, 4) is 16.9 Å². The van der Waals surface area contributed by atoms with E-state index >= 15 is 0 Å². The summed E-state index contributed by atoms with van der Waals surface area (Å²) in [5.74, 6) is -0.954. The molecule has 2 aromatic carbocycles. The van der Waals surface area contributed by atoms with Crippen LogP contribution in [0, 0.1) is 13.8 Å². The van der Waals surface area contributed by atoms with Crippen molar-refractivity contribution in [1.29, 1.82) is 0 Å². The molecule has 1 aliphatic rings. The Balaban J connectivity index is 1.88. The van der Waals surface area contributed by atoms with Gasteiger partial charge < -0.3 is 15.0 Å². The molecule has 156 valence electrons. The van der Waals surface area contributed by atoms with Gasteiger partial charge in [-0.1, -0.05) is 36.4 Å². The average Bonchev–Trinajstić information content (AvgIpc) is 3.19. The number of carbonyl (C=O) groups is 1. The predicted molar refractivity (Wildman–Crippen MR) is 107 cm³/mol. The maximum atomic E-state index is 12.7. The lowest BCUT2D eigenvalue weighted by Crippen LogP contribution is -2.17. The smallest absolute Gasteiger partial charge is 0.406 e. The zero-order valence-electron chi connectivity index (χ0n) is 16.6. The van der Waals surface area contributed by atoms with Crippen LogP contribution in [0.3, 0.4) is 0 Å². The number of amides is 1. The minimum Gasteiger partial charge on any atom is -0.406 e. The third-order valence-corrected chi connectivity index (χ3v) is 5.71. The van der Waals surface area contributed by atoms with Crippen molar-refractivity contribution in [3.05, 3.63) is 76.6 Å². The number of aryl methyl sites for hydroxylation is 1. The first kappa shape index (κ1) is 20.1. The molecular formula is C23H21F3N2O2. The summed E-state index contributed by atoms with van der Waals surface area (Å²) in [6.07, 6.45) is -2.99. The summed E-state index contributed by atoms with van der Waals surface area (Å²) in [4.78, 5) is 12.4. The molecule has 0 radical (unpaired) electrons. The molecule has 0 aliphatic heterocycles. The summed E-state index contributed by atoms with van der Waals surface area (Å²) in [5, 5.41) is 0. The van der Waals surface area contributed by atoms with E-state index in [1.807, 2.05) is 26.0 Å². The number of hydrogen-bond acceptors (Lipinski definition) is 2. The van der Waals surface area contributed by atoms with Crippen molar-refractivity contribution in [2.45, 2.75) is 39.1 Å². The average molecular weight is 414 g/mol. The molecule has 0 fully saturated rings. The maximum Gasteiger partial charge on any atom is 0.573 e. The van der Waals surface area contributed by atoms with E-state index in [-0.39, 0.29) is 11.8 Å². The highest BCUT2D eigenvalue weighted by Gasteiger charge is 2.33. The molecule has 1 heterocycles. The largest absolute Gasteiger partial charge is 0.573 e. The Hall–Kier alpha value is -3.22. The third-order valence-electron chi connectivity index (χ3n) is 5.71. The van der Waals surface area contributed by atoms with Crippen molar-refractivity contribution in [2.24, 2.45) is 5.73 Å². The van der Waals surface area contributed by atoms with Crippen LogP contribution in [-0.2, 0) is 6.42 Å². The quantitative estimate of drug-likeness (QED) is 0.629. The standard InChI is InChI=1S/C23H21F3N2O2/c1-13-20(16-7-5-8-17(12-16)30-23(24,25)26)21(22(27)29)14(2)28(13)19-11-10-15-6-3-4-9-18(15)19/h3-9,12,19H,10-11H2,1-2H3,(H2,27,29). The number of benzene rings is 2. The van der Waals surface area contributed by atoms with E-state index in [9.17, 15) is 18.0 Å². The summed E-state index contributed by atoms with van der Waals surface area (Å²) in [5.41, 5.74) is 11.0. The number of fused-ring (bicyclic) bond motifs is 1. The number of carbonyl (C=O) groups excluding carboxylic acids is 1.